The minimum absolute atomic E-state index is 0.000592. The van der Waals surface area contributed by atoms with Crippen molar-refractivity contribution in [3.05, 3.63) is 94.5 Å². The summed E-state index contributed by atoms with van der Waals surface area (Å²) >= 11 is 0. The maximum Gasteiger partial charge on any atom is 0.271 e. The maximum atomic E-state index is 12.8. The molecule has 0 aliphatic heterocycles. The van der Waals surface area contributed by atoms with E-state index in [4.69, 9.17) is 0 Å². The molecule has 31 heavy (non-hydrogen) atoms. The Bertz CT molecular complexity index is 1250. The first-order valence-corrected chi connectivity index (χ1v) is 11.3. The standard InChI is InChI=1S/C24H25N3O3S/c1-16-8-11-20(12-9-16)19(4)25-26-24(28)21-6-5-7-22(15-21)31(29,30)27-23-13-10-17(2)14-18(23)3/h5-15,27H,1-4H3,(H,26,28). The topological polar surface area (TPSA) is 87.6 Å². The maximum absolute atomic E-state index is 12.8. The Balaban J connectivity index is 1.77. The highest BCUT2D eigenvalue weighted by molar-refractivity contribution is 7.92. The van der Waals surface area contributed by atoms with Gasteiger partial charge < -0.3 is 0 Å². The van der Waals surface area contributed by atoms with Crippen molar-refractivity contribution in [1.82, 2.24) is 5.43 Å². The van der Waals surface area contributed by atoms with Crippen LogP contribution in [0, 0.1) is 20.8 Å². The molecular weight excluding hydrogens is 410 g/mol. The van der Waals surface area contributed by atoms with Crippen LogP contribution < -0.4 is 10.1 Å². The van der Waals surface area contributed by atoms with Crippen LogP contribution in [0.3, 0.4) is 0 Å². The normalized spacial score (nSPS) is 11.8. The molecule has 0 aliphatic carbocycles. The molecule has 3 aromatic rings. The number of carbonyl (C=O) groups is 1. The van der Waals surface area contributed by atoms with Gasteiger partial charge in [0.25, 0.3) is 15.9 Å². The van der Waals surface area contributed by atoms with Gasteiger partial charge in [0.2, 0.25) is 0 Å². The third kappa shape index (κ3) is 5.58. The Morgan fingerprint density at radius 2 is 1.52 bits per heavy atom. The van der Waals surface area contributed by atoms with Gasteiger partial charge in [-0.25, -0.2) is 13.8 Å². The molecule has 7 heteroatoms. The van der Waals surface area contributed by atoms with E-state index in [2.05, 4.69) is 15.2 Å². The van der Waals surface area contributed by atoms with Crippen LogP contribution in [-0.2, 0) is 10.0 Å². The fraction of sp³-hybridized carbons (Fsp3) is 0.167. The third-order valence-electron chi connectivity index (χ3n) is 4.83. The van der Waals surface area contributed by atoms with E-state index in [9.17, 15) is 13.2 Å². The van der Waals surface area contributed by atoms with Crippen LogP contribution in [-0.4, -0.2) is 20.0 Å². The van der Waals surface area contributed by atoms with Gasteiger partial charge in [-0.1, -0.05) is 53.6 Å². The van der Waals surface area contributed by atoms with E-state index < -0.39 is 15.9 Å². The minimum atomic E-state index is -3.85. The number of sulfonamides is 1. The molecule has 0 unspecified atom stereocenters. The third-order valence-corrected chi connectivity index (χ3v) is 6.19. The van der Waals surface area contributed by atoms with E-state index in [1.165, 1.54) is 18.2 Å². The first-order chi connectivity index (χ1) is 14.7. The number of hydrazone groups is 1. The quantitative estimate of drug-likeness (QED) is 0.439. The lowest BCUT2D eigenvalue weighted by atomic mass is 10.1. The molecule has 0 aromatic heterocycles. The first-order valence-electron chi connectivity index (χ1n) is 9.77. The van der Waals surface area contributed by atoms with Crippen molar-refractivity contribution >= 4 is 27.3 Å². The molecule has 1 amide bonds. The zero-order valence-electron chi connectivity index (χ0n) is 17.9. The number of anilines is 1. The molecular formula is C24H25N3O3S. The summed E-state index contributed by atoms with van der Waals surface area (Å²) in [4.78, 5) is 12.5. The molecule has 0 radical (unpaired) electrons. The number of nitrogens with one attached hydrogen (secondary N) is 2. The van der Waals surface area contributed by atoms with Crippen LogP contribution in [0.15, 0.2) is 76.7 Å². The number of aryl methyl sites for hydroxylation is 3. The number of nitrogens with zero attached hydrogens (tertiary/aromatic N) is 1. The van der Waals surface area contributed by atoms with Crippen LogP contribution in [0.1, 0.15) is 39.5 Å². The largest absolute Gasteiger partial charge is 0.279 e. The fourth-order valence-electron chi connectivity index (χ4n) is 2.99. The Morgan fingerprint density at radius 3 is 2.19 bits per heavy atom. The van der Waals surface area contributed by atoms with Gasteiger partial charge in [0, 0.05) is 5.56 Å². The second-order valence-electron chi connectivity index (χ2n) is 7.46. The highest BCUT2D eigenvalue weighted by Gasteiger charge is 2.17. The van der Waals surface area contributed by atoms with Gasteiger partial charge in [-0.15, -0.1) is 0 Å². The monoisotopic (exact) mass is 435 g/mol. The predicted molar refractivity (Wildman–Crippen MR) is 124 cm³/mol. The molecule has 0 saturated heterocycles. The molecule has 0 saturated carbocycles. The molecule has 0 atom stereocenters. The average molecular weight is 436 g/mol. The minimum Gasteiger partial charge on any atom is -0.279 e. The summed E-state index contributed by atoms with van der Waals surface area (Å²) in [5.41, 5.74) is 7.71. The summed E-state index contributed by atoms with van der Waals surface area (Å²) in [5, 5.41) is 4.13. The number of rotatable bonds is 6. The van der Waals surface area contributed by atoms with Crippen molar-refractivity contribution in [2.75, 3.05) is 4.72 Å². The van der Waals surface area contributed by atoms with Gasteiger partial charge >= 0.3 is 0 Å². The lowest BCUT2D eigenvalue weighted by Gasteiger charge is -2.12. The van der Waals surface area contributed by atoms with Gasteiger partial charge in [-0.05, 0) is 63.1 Å². The van der Waals surface area contributed by atoms with Crippen LogP contribution in [0.4, 0.5) is 5.69 Å². The summed E-state index contributed by atoms with van der Waals surface area (Å²) in [6.45, 7) is 7.56. The van der Waals surface area contributed by atoms with Gasteiger partial charge in [0.15, 0.2) is 0 Å². The van der Waals surface area contributed by atoms with Crippen LogP contribution >= 0.6 is 0 Å². The van der Waals surface area contributed by atoms with Gasteiger partial charge in [0.05, 0.1) is 16.3 Å². The predicted octanol–water partition coefficient (Wildman–Crippen LogP) is 4.57. The van der Waals surface area contributed by atoms with Crippen molar-refractivity contribution in [3.8, 4) is 0 Å². The van der Waals surface area contributed by atoms with Crippen molar-refractivity contribution in [3.63, 3.8) is 0 Å². The van der Waals surface area contributed by atoms with Gasteiger partial charge in [-0.2, -0.15) is 5.10 Å². The summed E-state index contributed by atoms with van der Waals surface area (Å²) in [6, 6.07) is 19.1. The number of amides is 1. The zero-order chi connectivity index (χ0) is 22.6. The molecule has 3 aromatic carbocycles. The van der Waals surface area contributed by atoms with Crippen LogP contribution in [0.5, 0.6) is 0 Å². The molecule has 0 fully saturated rings. The number of hydrogen-bond donors (Lipinski definition) is 2. The smallest absolute Gasteiger partial charge is 0.271 e. The SMILES string of the molecule is CC(=NNC(=O)c1cccc(S(=O)(=O)Nc2ccc(C)cc2C)c1)c1ccc(C)cc1. The number of benzene rings is 3. The van der Waals surface area contributed by atoms with Gasteiger partial charge in [0.1, 0.15) is 0 Å². The van der Waals surface area contributed by atoms with Crippen molar-refractivity contribution in [2.45, 2.75) is 32.6 Å². The zero-order valence-corrected chi connectivity index (χ0v) is 18.7. The lowest BCUT2D eigenvalue weighted by molar-refractivity contribution is 0.0954. The second kappa shape index (κ2) is 9.14. The van der Waals surface area contributed by atoms with Crippen LogP contribution in [0.25, 0.3) is 0 Å². The van der Waals surface area contributed by atoms with E-state index in [1.807, 2.05) is 57.2 Å². The molecule has 3 rings (SSSR count). The van der Waals surface area contributed by atoms with E-state index >= 15 is 0 Å². The summed E-state index contributed by atoms with van der Waals surface area (Å²) < 4.78 is 28.2. The van der Waals surface area contributed by atoms with Crippen molar-refractivity contribution in [1.29, 1.82) is 0 Å². The molecule has 160 valence electrons. The first kappa shape index (κ1) is 22.2. The molecule has 2 N–H and O–H groups in total. The fourth-order valence-corrected chi connectivity index (χ4v) is 4.17. The molecule has 0 bridgehead atoms. The Morgan fingerprint density at radius 1 is 0.839 bits per heavy atom. The van der Waals surface area contributed by atoms with E-state index in [0.717, 1.165) is 22.3 Å². The number of hydrogen-bond acceptors (Lipinski definition) is 4. The summed E-state index contributed by atoms with van der Waals surface area (Å²) in [5.74, 6) is -0.491. The van der Waals surface area contributed by atoms with Crippen LogP contribution in [0.2, 0.25) is 0 Å². The van der Waals surface area contributed by atoms with E-state index in [1.54, 1.807) is 19.1 Å². The second-order valence-corrected chi connectivity index (χ2v) is 9.14. The van der Waals surface area contributed by atoms with E-state index in [-0.39, 0.29) is 10.5 Å². The Kier molecular flexibility index (Phi) is 6.56. The molecule has 6 nitrogen and oxygen atoms in total. The summed E-state index contributed by atoms with van der Waals surface area (Å²) in [6.07, 6.45) is 0. The average Bonchev–Trinajstić information content (AvgIpc) is 2.74. The lowest BCUT2D eigenvalue weighted by Crippen LogP contribution is -2.20. The highest BCUT2D eigenvalue weighted by Crippen LogP contribution is 2.21. The molecule has 0 aliphatic rings. The van der Waals surface area contributed by atoms with Crippen molar-refractivity contribution in [2.24, 2.45) is 5.10 Å². The number of carbonyl (C=O) groups excluding carboxylic acids is 1. The highest BCUT2D eigenvalue weighted by atomic mass is 32.2. The summed E-state index contributed by atoms with van der Waals surface area (Å²) in [7, 11) is -3.85. The molecule has 0 spiro atoms. The van der Waals surface area contributed by atoms with Gasteiger partial charge in [-0.3, -0.25) is 9.52 Å². The van der Waals surface area contributed by atoms with E-state index in [0.29, 0.717) is 11.4 Å². The molecule has 0 heterocycles. The Labute approximate surface area is 183 Å². The van der Waals surface area contributed by atoms with Crippen molar-refractivity contribution < 1.29 is 13.2 Å². The Hall–Kier alpha value is -3.45.